The highest BCUT2D eigenvalue weighted by atomic mass is 19.1. The van der Waals surface area contributed by atoms with Gasteiger partial charge in [0.15, 0.2) is 11.6 Å². The van der Waals surface area contributed by atoms with Crippen LogP contribution in [0.25, 0.3) is 11.4 Å². The third-order valence-electron chi connectivity index (χ3n) is 5.13. The van der Waals surface area contributed by atoms with Gasteiger partial charge in [-0.15, -0.1) is 0 Å². The Balaban J connectivity index is 1.37. The number of benzene rings is 1. The summed E-state index contributed by atoms with van der Waals surface area (Å²) in [6.07, 6.45) is 1.08. The quantitative estimate of drug-likeness (QED) is 0.725. The van der Waals surface area contributed by atoms with Gasteiger partial charge in [-0.3, -0.25) is 10.1 Å². The predicted octanol–water partition coefficient (Wildman–Crippen LogP) is 4.00. The number of amides is 1. The normalized spacial score (nSPS) is 14.8. The van der Waals surface area contributed by atoms with E-state index in [2.05, 4.69) is 20.2 Å². The van der Waals surface area contributed by atoms with Crippen LogP contribution in [0.5, 0.6) is 5.75 Å². The van der Waals surface area contributed by atoms with Crippen LogP contribution in [-0.2, 0) is 0 Å². The molecule has 0 saturated carbocycles. The number of hydrogen-bond acceptors (Lipinski definition) is 5. The summed E-state index contributed by atoms with van der Waals surface area (Å²) in [6.45, 7) is 4.82. The fraction of sp³-hybridized carbons (Fsp3) is 0.333. The molecule has 0 radical (unpaired) electrons. The standard InChI is InChI=1S/C21H22FN5O2/c1-13-7-8-18(14(2)23-13)29-21(28)27-11-9-15(10-12-27)19-24-20(26-25-19)16-5-3-4-6-17(16)22/h3-8,15H,9-12H2,1-2H3,(H,24,25,26). The number of H-pyrrole nitrogens is 1. The summed E-state index contributed by atoms with van der Waals surface area (Å²) in [7, 11) is 0. The second-order valence-electron chi connectivity index (χ2n) is 7.19. The van der Waals surface area contributed by atoms with Crippen molar-refractivity contribution in [2.45, 2.75) is 32.6 Å². The smallest absolute Gasteiger partial charge is 0.408 e. The first-order valence-electron chi connectivity index (χ1n) is 9.59. The van der Waals surface area contributed by atoms with Crippen LogP contribution in [0, 0.1) is 19.7 Å². The Labute approximate surface area is 167 Å². The van der Waals surface area contributed by atoms with Gasteiger partial charge in [-0.05, 0) is 51.0 Å². The van der Waals surface area contributed by atoms with E-state index < -0.39 is 0 Å². The number of hydrogen-bond donors (Lipinski definition) is 1. The molecule has 1 aliphatic heterocycles. The van der Waals surface area contributed by atoms with Gasteiger partial charge in [-0.1, -0.05) is 12.1 Å². The van der Waals surface area contributed by atoms with Crippen LogP contribution >= 0.6 is 0 Å². The topological polar surface area (TPSA) is 84.0 Å². The number of likely N-dealkylation sites (tertiary alicyclic amines) is 1. The van der Waals surface area contributed by atoms with E-state index in [9.17, 15) is 9.18 Å². The van der Waals surface area contributed by atoms with Crippen molar-refractivity contribution in [3.8, 4) is 17.1 Å². The molecule has 7 nitrogen and oxygen atoms in total. The molecule has 4 rings (SSSR count). The number of halogens is 1. The number of nitrogens with zero attached hydrogens (tertiary/aromatic N) is 4. The Kier molecular flexibility index (Phi) is 5.24. The first-order valence-corrected chi connectivity index (χ1v) is 9.59. The average Bonchev–Trinajstić information content (AvgIpc) is 3.20. The van der Waals surface area contributed by atoms with Gasteiger partial charge >= 0.3 is 6.09 Å². The Bertz CT molecular complexity index is 1030. The molecular weight excluding hydrogens is 373 g/mol. The number of pyridine rings is 1. The third kappa shape index (κ3) is 4.11. The summed E-state index contributed by atoms with van der Waals surface area (Å²) in [5.74, 6) is 1.33. The molecule has 0 spiro atoms. The Hall–Kier alpha value is -3.29. The Morgan fingerprint density at radius 3 is 2.62 bits per heavy atom. The van der Waals surface area contributed by atoms with E-state index in [-0.39, 0.29) is 17.8 Å². The molecule has 1 N–H and O–H groups in total. The largest absolute Gasteiger partial charge is 0.415 e. The van der Waals surface area contributed by atoms with Crippen molar-refractivity contribution in [3.63, 3.8) is 0 Å². The van der Waals surface area contributed by atoms with Crippen LogP contribution < -0.4 is 4.74 Å². The lowest BCUT2D eigenvalue weighted by Crippen LogP contribution is -2.39. The van der Waals surface area contributed by atoms with E-state index >= 15 is 0 Å². The molecule has 0 bridgehead atoms. The molecule has 1 saturated heterocycles. The molecule has 1 aliphatic rings. The summed E-state index contributed by atoms with van der Waals surface area (Å²) in [4.78, 5) is 22.9. The number of rotatable bonds is 3. The molecule has 150 valence electrons. The Morgan fingerprint density at radius 2 is 1.90 bits per heavy atom. The van der Waals surface area contributed by atoms with Crippen molar-refractivity contribution in [3.05, 3.63) is 59.4 Å². The molecule has 2 aromatic heterocycles. The number of ether oxygens (including phenoxy) is 1. The highest BCUT2D eigenvalue weighted by Gasteiger charge is 2.27. The minimum absolute atomic E-state index is 0.134. The van der Waals surface area contributed by atoms with E-state index in [1.807, 2.05) is 19.9 Å². The van der Waals surface area contributed by atoms with Crippen molar-refractivity contribution >= 4 is 6.09 Å². The second kappa shape index (κ2) is 7.98. The Morgan fingerprint density at radius 1 is 1.14 bits per heavy atom. The first-order chi connectivity index (χ1) is 14.0. The molecule has 0 atom stereocenters. The number of nitrogens with one attached hydrogen (secondary N) is 1. The average molecular weight is 395 g/mol. The van der Waals surface area contributed by atoms with Gasteiger partial charge in [-0.2, -0.15) is 5.10 Å². The van der Waals surface area contributed by atoms with E-state index in [4.69, 9.17) is 4.74 Å². The molecule has 1 aromatic carbocycles. The molecule has 0 aliphatic carbocycles. The van der Waals surface area contributed by atoms with Gasteiger partial charge < -0.3 is 9.64 Å². The maximum atomic E-state index is 13.9. The zero-order valence-electron chi connectivity index (χ0n) is 16.4. The molecule has 1 fully saturated rings. The molecule has 3 heterocycles. The van der Waals surface area contributed by atoms with Crippen LogP contribution in [0.15, 0.2) is 36.4 Å². The summed E-state index contributed by atoms with van der Waals surface area (Å²) < 4.78 is 19.4. The maximum Gasteiger partial charge on any atom is 0.415 e. The second-order valence-corrected chi connectivity index (χ2v) is 7.19. The van der Waals surface area contributed by atoms with E-state index in [0.29, 0.717) is 35.9 Å². The van der Waals surface area contributed by atoms with Crippen LogP contribution in [0.2, 0.25) is 0 Å². The number of piperidine rings is 1. The summed E-state index contributed by atoms with van der Waals surface area (Å²) in [5, 5.41) is 7.09. The number of aromatic amines is 1. The summed E-state index contributed by atoms with van der Waals surface area (Å²) in [6, 6.07) is 10.0. The van der Waals surface area contributed by atoms with E-state index in [1.54, 1.807) is 29.2 Å². The summed E-state index contributed by atoms with van der Waals surface area (Å²) >= 11 is 0. The third-order valence-corrected chi connectivity index (χ3v) is 5.13. The number of carbonyl (C=O) groups is 1. The van der Waals surface area contributed by atoms with Gasteiger partial charge in [0.05, 0.1) is 11.3 Å². The fourth-order valence-corrected chi connectivity index (χ4v) is 3.50. The minimum Gasteiger partial charge on any atom is -0.408 e. The lowest BCUT2D eigenvalue weighted by Gasteiger charge is -2.30. The van der Waals surface area contributed by atoms with Crippen LogP contribution in [0.3, 0.4) is 0 Å². The molecule has 8 heteroatoms. The van der Waals surface area contributed by atoms with Gasteiger partial charge in [0.2, 0.25) is 0 Å². The number of aromatic nitrogens is 4. The van der Waals surface area contributed by atoms with Crippen molar-refractivity contribution in [2.75, 3.05) is 13.1 Å². The molecule has 29 heavy (non-hydrogen) atoms. The zero-order valence-corrected chi connectivity index (χ0v) is 16.4. The highest BCUT2D eigenvalue weighted by Crippen LogP contribution is 2.28. The van der Waals surface area contributed by atoms with Gasteiger partial charge in [0.1, 0.15) is 11.6 Å². The van der Waals surface area contributed by atoms with E-state index in [1.165, 1.54) is 6.07 Å². The maximum absolute atomic E-state index is 13.9. The van der Waals surface area contributed by atoms with Crippen molar-refractivity contribution in [2.24, 2.45) is 0 Å². The predicted molar refractivity (Wildman–Crippen MR) is 105 cm³/mol. The van der Waals surface area contributed by atoms with E-state index in [0.717, 1.165) is 24.4 Å². The van der Waals surface area contributed by atoms with Gasteiger partial charge in [-0.25, -0.2) is 14.2 Å². The molecular formula is C21H22FN5O2. The van der Waals surface area contributed by atoms with Crippen LogP contribution in [-0.4, -0.2) is 44.2 Å². The number of carbonyl (C=O) groups excluding carboxylic acids is 1. The van der Waals surface area contributed by atoms with Crippen molar-refractivity contribution in [1.29, 1.82) is 0 Å². The fourth-order valence-electron chi connectivity index (χ4n) is 3.50. The summed E-state index contributed by atoms with van der Waals surface area (Å²) in [5.41, 5.74) is 1.94. The SMILES string of the molecule is Cc1ccc(OC(=O)N2CCC(c3nc(-c4ccccc4F)n[nH]3)CC2)c(C)n1. The molecule has 3 aromatic rings. The number of aryl methyl sites for hydroxylation is 2. The van der Waals surface area contributed by atoms with Crippen LogP contribution in [0.4, 0.5) is 9.18 Å². The monoisotopic (exact) mass is 395 g/mol. The van der Waals surface area contributed by atoms with Crippen LogP contribution in [0.1, 0.15) is 36.0 Å². The zero-order chi connectivity index (χ0) is 20.4. The lowest BCUT2D eigenvalue weighted by molar-refractivity contribution is 0.137. The van der Waals surface area contributed by atoms with Crippen molar-refractivity contribution < 1.29 is 13.9 Å². The molecule has 1 amide bonds. The lowest BCUT2D eigenvalue weighted by atomic mass is 9.96. The van der Waals surface area contributed by atoms with Gasteiger partial charge in [0, 0.05) is 24.7 Å². The van der Waals surface area contributed by atoms with Gasteiger partial charge in [0.25, 0.3) is 0 Å². The minimum atomic E-state index is -0.373. The first kappa shape index (κ1) is 19.0. The highest BCUT2D eigenvalue weighted by molar-refractivity contribution is 5.71. The molecule has 0 unspecified atom stereocenters. The van der Waals surface area contributed by atoms with Crippen molar-refractivity contribution in [1.82, 2.24) is 25.1 Å².